The number of nitrogens with two attached hydrogens (primary N) is 1. The smallest absolute Gasteiger partial charge is 0.269 e. The summed E-state index contributed by atoms with van der Waals surface area (Å²) in [6.45, 7) is 1.31. The highest BCUT2D eigenvalue weighted by Crippen LogP contribution is 2.28. The zero-order valence-electron chi connectivity index (χ0n) is 16.8. The number of anilines is 1. The van der Waals surface area contributed by atoms with E-state index in [2.05, 4.69) is 25.4 Å². The third kappa shape index (κ3) is 3.96. The van der Waals surface area contributed by atoms with E-state index in [1.165, 1.54) is 0 Å². The second kappa shape index (κ2) is 8.26. The molecule has 0 radical (unpaired) electrons. The number of nitrogens with one attached hydrogen (secondary N) is 1. The zero-order valence-corrected chi connectivity index (χ0v) is 16.8. The van der Waals surface area contributed by atoms with Crippen LogP contribution in [0.3, 0.4) is 0 Å². The van der Waals surface area contributed by atoms with E-state index in [1.807, 2.05) is 43.3 Å². The van der Waals surface area contributed by atoms with E-state index in [1.54, 1.807) is 35.2 Å². The molecule has 0 aliphatic rings. The summed E-state index contributed by atoms with van der Waals surface area (Å²) in [5, 5.41) is 7.24. The van der Waals surface area contributed by atoms with Crippen LogP contribution in [0.5, 0.6) is 0 Å². The first-order valence-electron chi connectivity index (χ1n) is 9.48. The molecule has 0 unspecified atom stereocenters. The average molecular weight is 402 g/mol. The van der Waals surface area contributed by atoms with Gasteiger partial charge in [0.25, 0.3) is 5.91 Å². The Kier molecular flexibility index (Phi) is 5.36. The normalized spacial score (nSPS) is 11.2. The Morgan fingerprint density at radius 1 is 1.13 bits per heavy atom. The van der Waals surface area contributed by atoms with Crippen molar-refractivity contribution >= 4 is 17.4 Å². The van der Waals surface area contributed by atoms with Gasteiger partial charge in [-0.1, -0.05) is 12.1 Å². The van der Waals surface area contributed by atoms with Crippen LogP contribution in [0.1, 0.15) is 10.5 Å². The quantitative estimate of drug-likeness (QED) is 0.505. The molecule has 4 heterocycles. The van der Waals surface area contributed by atoms with Gasteiger partial charge in [0.2, 0.25) is 0 Å². The molecule has 152 valence electrons. The van der Waals surface area contributed by atoms with E-state index in [0.717, 1.165) is 12.1 Å². The van der Waals surface area contributed by atoms with Crippen molar-refractivity contribution in [2.45, 2.75) is 0 Å². The van der Waals surface area contributed by atoms with Gasteiger partial charge in [0.15, 0.2) is 11.5 Å². The molecular formula is C21H22N8O. The van der Waals surface area contributed by atoms with Crippen molar-refractivity contribution in [3.8, 4) is 22.5 Å². The summed E-state index contributed by atoms with van der Waals surface area (Å²) in [4.78, 5) is 27.7. The molecule has 9 nitrogen and oxygen atoms in total. The van der Waals surface area contributed by atoms with Crippen LogP contribution in [0.2, 0.25) is 0 Å². The Bertz CT molecular complexity index is 1190. The summed E-state index contributed by atoms with van der Waals surface area (Å²) < 4.78 is 1.61. The monoisotopic (exact) mass is 402 g/mol. The van der Waals surface area contributed by atoms with Gasteiger partial charge in [-0.15, -0.1) is 5.10 Å². The predicted octanol–water partition coefficient (Wildman–Crippen LogP) is 1.73. The van der Waals surface area contributed by atoms with Gasteiger partial charge in [-0.25, -0.2) is 14.5 Å². The molecule has 30 heavy (non-hydrogen) atoms. The third-order valence-corrected chi connectivity index (χ3v) is 4.54. The molecule has 0 aliphatic carbocycles. The number of carbonyl (C=O) groups excluding carboxylic acids is 1. The van der Waals surface area contributed by atoms with Gasteiger partial charge in [0, 0.05) is 37.2 Å². The lowest BCUT2D eigenvalue weighted by Crippen LogP contribution is -2.31. The molecule has 9 heteroatoms. The number of fused-ring (bicyclic) bond motifs is 1. The van der Waals surface area contributed by atoms with Crippen molar-refractivity contribution in [3.63, 3.8) is 0 Å². The summed E-state index contributed by atoms with van der Waals surface area (Å²) in [5.74, 6) is 0.133. The van der Waals surface area contributed by atoms with Gasteiger partial charge in [-0.3, -0.25) is 9.78 Å². The van der Waals surface area contributed by atoms with Gasteiger partial charge >= 0.3 is 0 Å². The summed E-state index contributed by atoms with van der Waals surface area (Å²) in [5.41, 5.74) is 9.81. The average Bonchev–Trinajstić information content (AvgIpc) is 3.09. The zero-order chi connectivity index (χ0) is 21.1. The molecule has 4 rings (SSSR count). The van der Waals surface area contributed by atoms with Crippen molar-refractivity contribution < 1.29 is 4.79 Å². The molecule has 4 aromatic rings. The Labute approximate surface area is 173 Å². The molecule has 0 fully saturated rings. The first-order chi connectivity index (χ1) is 14.5. The van der Waals surface area contributed by atoms with E-state index in [0.29, 0.717) is 40.7 Å². The third-order valence-electron chi connectivity index (χ3n) is 4.54. The second-order valence-corrected chi connectivity index (χ2v) is 7.05. The van der Waals surface area contributed by atoms with Crippen molar-refractivity contribution in [1.29, 1.82) is 0 Å². The summed E-state index contributed by atoms with van der Waals surface area (Å²) >= 11 is 0. The number of pyridine rings is 2. The number of amides is 1. The van der Waals surface area contributed by atoms with Crippen LogP contribution in [0.15, 0.2) is 55.0 Å². The number of rotatable bonds is 6. The molecule has 4 aromatic heterocycles. The van der Waals surface area contributed by atoms with Crippen LogP contribution < -0.4 is 11.1 Å². The Morgan fingerprint density at radius 2 is 1.97 bits per heavy atom. The lowest BCUT2D eigenvalue weighted by atomic mass is 10.2. The van der Waals surface area contributed by atoms with Crippen LogP contribution in [-0.2, 0) is 0 Å². The van der Waals surface area contributed by atoms with E-state index in [9.17, 15) is 4.79 Å². The largest absolute Gasteiger partial charge is 0.382 e. The van der Waals surface area contributed by atoms with Crippen LogP contribution in [-0.4, -0.2) is 62.6 Å². The molecular weight excluding hydrogens is 380 g/mol. The van der Waals surface area contributed by atoms with Crippen LogP contribution >= 0.6 is 0 Å². The molecule has 1 amide bonds. The molecule has 0 aliphatic heterocycles. The van der Waals surface area contributed by atoms with Crippen LogP contribution in [0.4, 0.5) is 5.82 Å². The number of hydrogen-bond donors (Lipinski definition) is 2. The number of hydrogen-bond acceptors (Lipinski definition) is 7. The lowest BCUT2D eigenvalue weighted by molar-refractivity contribution is 0.0946. The van der Waals surface area contributed by atoms with Gasteiger partial charge in [0.05, 0.1) is 17.0 Å². The molecule has 3 N–H and O–H groups in total. The topological polar surface area (TPSA) is 114 Å². The van der Waals surface area contributed by atoms with Crippen LogP contribution in [0.25, 0.3) is 28.2 Å². The van der Waals surface area contributed by atoms with E-state index >= 15 is 0 Å². The van der Waals surface area contributed by atoms with Gasteiger partial charge in [-0.05, 0) is 38.4 Å². The van der Waals surface area contributed by atoms with Gasteiger partial charge < -0.3 is 16.0 Å². The number of likely N-dealkylation sites (N-methyl/N-ethyl adjacent to an activating group) is 1. The number of aromatic nitrogens is 5. The van der Waals surface area contributed by atoms with Crippen LogP contribution in [0, 0.1) is 0 Å². The minimum Gasteiger partial charge on any atom is -0.382 e. The Morgan fingerprint density at radius 3 is 2.73 bits per heavy atom. The van der Waals surface area contributed by atoms with Crippen molar-refractivity contribution in [3.05, 3.63) is 60.7 Å². The maximum absolute atomic E-state index is 12.4. The lowest BCUT2D eigenvalue weighted by Gasteiger charge is -2.10. The Balaban J connectivity index is 1.64. The molecule has 0 bridgehead atoms. The highest BCUT2D eigenvalue weighted by molar-refractivity contribution is 5.92. The molecule has 0 aromatic carbocycles. The Hall–Kier alpha value is -3.85. The molecule has 0 atom stereocenters. The fourth-order valence-corrected chi connectivity index (χ4v) is 3.05. The van der Waals surface area contributed by atoms with Crippen molar-refractivity contribution in [2.24, 2.45) is 0 Å². The summed E-state index contributed by atoms with van der Waals surface area (Å²) in [6.07, 6.45) is 5.19. The first-order valence-corrected chi connectivity index (χ1v) is 9.48. The molecule has 0 saturated carbocycles. The predicted molar refractivity (Wildman–Crippen MR) is 115 cm³/mol. The minimum atomic E-state index is -0.214. The van der Waals surface area contributed by atoms with Gasteiger partial charge in [-0.2, -0.15) is 0 Å². The number of nitrogens with zero attached hydrogens (tertiary/aromatic N) is 6. The SMILES string of the molecule is CN(C)CCNC(=O)c1cccc(-c2cnc3c(-c4ccccn4)c(N)nn3c2)n1. The standard InChI is InChI=1S/C21H22N8O/c1-28(2)11-10-24-21(30)17-8-5-7-15(26-17)14-12-25-20-18(16-6-3-4-9-23-16)19(22)27-29(20)13-14/h3-9,12-13H,10-11H2,1-2H3,(H2,22,27)(H,24,30). The maximum atomic E-state index is 12.4. The summed E-state index contributed by atoms with van der Waals surface area (Å²) in [6, 6.07) is 10.9. The fourth-order valence-electron chi connectivity index (χ4n) is 3.05. The second-order valence-electron chi connectivity index (χ2n) is 7.05. The minimum absolute atomic E-state index is 0.214. The van der Waals surface area contributed by atoms with E-state index < -0.39 is 0 Å². The maximum Gasteiger partial charge on any atom is 0.269 e. The molecule has 0 spiro atoms. The first kappa shape index (κ1) is 19.5. The number of carbonyl (C=O) groups is 1. The number of nitrogen functional groups attached to an aromatic ring is 1. The van der Waals surface area contributed by atoms with E-state index in [-0.39, 0.29) is 5.91 Å². The highest BCUT2D eigenvalue weighted by atomic mass is 16.1. The molecule has 0 saturated heterocycles. The van der Waals surface area contributed by atoms with E-state index in [4.69, 9.17) is 5.73 Å². The van der Waals surface area contributed by atoms with Gasteiger partial charge in [0.1, 0.15) is 5.69 Å². The van der Waals surface area contributed by atoms with Crippen molar-refractivity contribution in [2.75, 3.05) is 32.9 Å². The summed E-state index contributed by atoms with van der Waals surface area (Å²) in [7, 11) is 3.91. The fraction of sp³-hybridized carbons (Fsp3) is 0.190. The highest BCUT2D eigenvalue weighted by Gasteiger charge is 2.16. The van der Waals surface area contributed by atoms with Crippen molar-refractivity contribution in [1.82, 2.24) is 34.8 Å².